The number of hydrogen-bond acceptors (Lipinski definition) is 5. The topological polar surface area (TPSA) is 58.0 Å². The van der Waals surface area contributed by atoms with Crippen LogP contribution in [0.3, 0.4) is 0 Å². The van der Waals surface area contributed by atoms with E-state index >= 15 is 0 Å². The molecule has 0 bridgehead atoms. The van der Waals surface area contributed by atoms with Crippen LogP contribution in [0.1, 0.15) is 25.7 Å². The highest BCUT2D eigenvalue weighted by Gasteiger charge is 2.24. The Balaban J connectivity index is 2.09. The standard InChI is InChI=1S/C12H18ClN3OS/c1-18-12-15-10(13)6-11(16-12)14-9-5-3-2-4-8(9)7-17/h6,8-9,17H,2-5,7H2,1H3,(H,14,15,16). The quantitative estimate of drug-likeness (QED) is 0.507. The molecule has 0 radical (unpaired) electrons. The largest absolute Gasteiger partial charge is 0.396 e. The van der Waals surface area contributed by atoms with Crippen LogP contribution in [0, 0.1) is 5.92 Å². The van der Waals surface area contributed by atoms with Crippen molar-refractivity contribution in [1.82, 2.24) is 9.97 Å². The molecule has 100 valence electrons. The van der Waals surface area contributed by atoms with Crippen molar-refractivity contribution in [2.45, 2.75) is 36.9 Å². The van der Waals surface area contributed by atoms with Gasteiger partial charge in [-0.3, -0.25) is 0 Å². The zero-order chi connectivity index (χ0) is 13.0. The van der Waals surface area contributed by atoms with Gasteiger partial charge in [0.15, 0.2) is 5.16 Å². The van der Waals surface area contributed by atoms with Gasteiger partial charge in [0.1, 0.15) is 11.0 Å². The van der Waals surface area contributed by atoms with E-state index < -0.39 is 0 Å². The summed E-state index contributed by atoms with van der Waals surface area (Å²) in [6, 6.07) is 2.02. The molecule has 0 aliphatic heterocycles. The lowest BCUT2D eigenvalue weighted by Crippen LogP contribution is -2.34. The summed E-state index contributed by atoms with van der Waals surface area (Å²) in [4.78, 5) is 8.50. The lowest BCUT2D eigenvalue weighted by Gasteiger charge is -2.31. The maximum absolute atomic E-state index is 9.39. The van der Waals surface area contributed by atoms with Gasteiger partial charge >= 0.3 is 0 Å². The molecule has 1 aliphatic carbocycles. The van der Waals surface area contributed by atoms with E-state index in [1.54, 1.807) is 6.07 Å². The first-order chi connectivity index (χ1) is 8.72. The highest BCUT2D eigenvalue weighted by atomic mass is 35.5. The number of anilines is 1. The van der Waals surface area contributed by atoms with E-state index in [1.165, 1.54) is 24.6 Å². The van der Waals surface area contributed by atoms with Gasteiger partial charge in [0.25, 0.3) is 0 Å². The van der Waals surface area contributed by atoms with Gasteiger partial charge in [0.05, 0.1) is 0 Å². The molecule has 6 heteroatoms. The first-order valence-corrected chi connectivity index (χ1v) is 7.79. The second-order valence-corrected chi connectivity index (χ2v) is 5.70. The Hall–Kier alpha value is -0.520. The highest BCUT2D eigenvalue weighted by molar-refractivity contribution is 7.98. The number of nitrogens with zero attached hydrogens (tertiary/aromatic N) is 2. The highest BCUT2D eigenvalue weighted by Crippen LogP contribution is 2.27. The summed E-state index contributed by atoms with van der Waals surface area (Å²) in [5.41, 5.74) is 0. The summed E-state index contributed by atoms with van der Waals surface area (Å²) in [6.45, 7) is 0.228. The van der Waals surface area contributed by atoms with Crippen LogP contribution in [-0.2, 0) is 0 Å². The fourth-order valence-corrected chi connectivity index (χ4v) is 2.98. The van der Waals surface area contributed by atoms with Gasteiger partial charge in [-0.25, -0.2) is 9.97 Å². The van der Waals surface area contributed by atoms with Gasteiger partial charge in [-0.1, -0.05) is 36.2 Å². The lowest BCUT2D eigenvalue weighted by atomic mass is 9.85. The second-order valence-electron chi connectivity index (χ2n) is 4.54. The third-order valence-corrected chi connectivity index (χ3v) is 4.08. The number of nitrogens with one attached hydrogen (secondary N) is 1. The summed E-state index contributed by atoms with van der Waals surface area (Å²) in [6.07, 6.45) is 6.46. The molecular formula is C12H18ClN3OS. The van der Waals surface area contributed by atoms with Crippen LogP contribution >= 0.6 is 23.4 Å². The molecule has 2 N–H and O–H groups in total. The Morgan fingerprint density at radius 1 is 1.44 bits per heavy atom. The second kappa shape index (κ2) is 6.59. The number of hydrogen-bond donors (Lipinski definition) is 2. The molecule has 1 aromatic rings. The molecule has 1 fully saturated rings. The van der Waals surface area contributed by atoms with Crippen LogP contribution in [0.15, 0.2) is 11.2 Å². The molecule has 1 heterocycles. The Kier molecular flexibility index (Phi) is 5.09. The Bertz CT molecular complexity index is 405. The number of aliphatic hydroxyl groups excluding tert-OH is 1. The van der Waals surface area contributed by atoms with Crippen molar-refractivity contribution in [3.63, 3.8) is 0 Å². The fourth-order valence-electron chi connectivity index (χ4n) is 2.37. The summed E-state index contributed by atoms with van der Waals surface area (Å²) >= 11 is 7.43. The Morgan fingerprint density at radius 2 is 2.22 bits per heavy atom. The Labute approximate surface area is 117 Å². The number of thioether (sulfide) groups is 1. The van der Waals surface area contributed by atoms with Gasteiger partial charge in [0.2, 0.25) is 0 Å². The molecule has 0 aromatic carbocycles. The minimum absolute atomic E-state index is 0.228. The maximum Gasteiger partial charge on any atom is 0.190 e. The number of aliphatic hydroxyl groups is 1. The number of rotatable bonds is 4. The third-order valence-electron chi connectivity index (χ3n) is 3.33. The van der Waals surface area contributed by atoms with Crippen LogP contribution in [0.25, 0.3) is 0 Å². The van der Waals surface area contributed by atoms with Crippen molar-refractivity contribution >= 4 is 29.2 Å². The van der Waals surface area contributed by atoms with E-state index in [9.17, 15) is 5.11 Å². The minimum atomic E-state index is 0.228. The third kappa shape index (κ3) is 3.49. The molecule has 18 heavy (non-hydrogen) atoms. The predicted molar refractivity (Wildman–Crippen MR) is 75.3 cm³/mol. The van der Waals surface area contributed by atoms with Gasteiger partial charge in [-0.05, 0) is 19.1 Å². The van der Waals surface area contributed by atoms with Crippen LogP contribution in [0.2, 0.25) is 5.15 Å². The number of halogens is 1. The predicted octanol–water partition coefficient (Wildman–Crippen LogP) is 2.81. The van der Waals surface area contributed by atoms with E-state index in [-0.39, 0.29) is 12.6 Å². The molecule has 2 rings (SSSR count). The smallest absolute Gasteiger partial charge is 0.190 e. The van der Waals surface area contributed by atoms with Crippen molar-refractivity contribution in [2.75, 3.05) is 18.2 Å². The summed E-state index contributed by atoms with van der Waals surface area (Å²) < 4.78 is 0. The summed E-state index contributed by atoms with van der Waals surface area (Å²) in [7, 11) is 0. The molecule has 2 atom stereocenters. The molecule has 1 aromatic heterocycles. The maximum atomic E-state index is 9.39. The van der Waals surface area contributed by atoms with E-state index in [0.717, 1.165) is 18.7 Å². The van der Waals surface area contributed by atoms with E-state index in [4.69, 9.17) is 11.6 Å². The molecule has 2 unspecified atom stereocenters. The zero-order valence-corrected chi connectivity index (χ0v) is 12.0. The molecule has 1 saturated carbocycles. The van der Waals surface area contributed by atoms with E-state index in [0.29, 0.717) is 16.2 Å². The van der Waals surface area contributed by atoms with Crippen molar-refractivity contribution < 1.29 is 5.11 Å². The normalized spacial score (nSPS) is 23.9. The average Bonchev–Trinajstić information content (AvgIpc) is 2.38. The minimum Gasteiger partial charge on any atom is -0.396 e. The molecule has 0 amide bonds. The van der Waals surface area contributed by atoms with Crippen molar-refractivity contribution in [3.8, 4) is 0 Å². The van der Waals surface area contributed by atoms with Crippen molar-refractivity contribution in [3.05, 3.63) is 11.2 Å². The molecule has 4 nitrogen and oxygen atoms in total. The Morgan fingerprint density at radius 3 is 2.94 bits per heavy atom. The van der Waals surface area contributed by atoms with Crippen LogP contribution < -0.4 is 5.32 Å². The molecular weight excluding hydrogens is 270 g/mol. The van der Waals surface area contributed by atoms with E-state index in [2.05, 4.69) is 15.3 Å². The van der Waals surface area contributed by atoms with Crippen LogP contribution in [-0.4, -0.2) is 34.0 Å². The van der Waals surface area contributed by atoms with Gasteiger partial charge in [-0.2, -0.15) is 0 Å². The van der Waals surface area contributed by atoms with Crippen LogP contribution in [0.4, 0.5) is 5.82 Å². The van der Waals surface area contributed by atoms with Crippen molar-refractivity contribution in [1.29, 1.82) is 0 Å². The summed E-state index contributed by atoms with van der Waals surface area (Å²) in [5.74, 6) is 1.06. The van der Waals surface area contributed by atoms with Gasteiger partial charge in [0, 0.05) is 24.6 Å². The van der Waals surface area contributed by atoms with Gasteiger partial charge in [-0.15, -0.1) is 0 Å². The van der Waals surface area contributed by atoms with Crippen LogP contribution in [0.5, 0.6) is 0 Å². The van der Waals surface area contributed by atoms with Gasteiger partial charge < -0.3 is 10.4 Å². The molecule has 0 spiro atoms. The average molecular weight is 288 g/mol. The number of aromatic nitrogens is 2. The molecule has 0 saturated heterocycles. The van der Waals surface area contributed by atoms with Crippen molar-refractivity contribution in [2.24, 2.45) is 5.92 Å². The SMILES string of the molecule is CSc1nc(Cl)cc(NC2CCCCC2CO)n1. The first-order valence-electron chi connectivity index (χ1n) is 6.19. The first kappa shape index (κ1) is 13.9. The fraction of sp³-hybridized carbons (Fsp3) is 0.667. The monoisotopic (exact) mass is 287 g/mol. The lowest BCUT2D eigenvalue weighted by molar-refractivity contribution is 0.178. The summed E-state index contributed by atoms with van der Waals surface area (Å²) in [5, 5.41) is 13.9. The zero-order valence-electron chi connectivity index (χ0n) is 10.4. The van der Waals surface area contributed by atoms with E-state index in [1.807, 2.05) is 6.26 Å². The molecule has 1 aliphatic rings.